The largest absolute Gasteiger partial charge is 0.405 e. The Hall–Kier alpha value is -1.72. The van der Waals surface area contributed by atoms with Crippen molar-refractivity contribution in [3.8, 4) is 0 Å². The molecule has 0 spiro atoms. The lowest BCUT2D eigenvalue weighted by Gasteiger charge is -2.19. The number of aryl methyl sites for hydroxylation is 1. The van der Waals surface area contributed by atoms with Crippen molar-refractivity contribution in [2.24, 2.45) is 0 Å². The van der Waals surface area contributed by atoms with Crippen molar-refractivity contribution in [2.45, 2.75) is 19.6 Å². The van der Waals surface area contributed by atoms with Gasteiger partial charge in [-0.15, -0.1) is 0 Å². The Morgan fingerprint density at radius 2 is 1.94 bits per heavy atom. The number of nitrogens with one attached hydrogen (secondary N) is 1. The van der Waals surface area contributed by atoms with Crippen LogP contribution >= 0.6 is 0 Å². The zero-order chi connectivity index (χ0) is 13.8. The minimum atomic E-state index is -4.39. The third kappa shape index (κ3) is 4.65. The number of rotatable bonds is 3. The molecule has 100 valence electrons. The first-order chi connectivity index (χ1) is 8.29. The predicted molar refractivity (Wildman–Crippen MR) is 62.1 cm³/mol. The van der Waals surface area contributed by atoms with Crippen LogP contribution in [-0.4, -0.2) is 30.7 Å². The van der Waals surface area contributed by atoms with Crippen molar-refractivity contribution in [1.29, 1.82) is 0 Å². The number of amides is 2. The van der Waals surface area contributed by atoms with Gasteiger partial charge in [-0.2, -0.15) is 13.2 Å². The van der Waals surface area contributed by atoms with Gasteiger partial charge in [-0.05, 0) is 18.1 Å². The van der Waals surface area contributed by atoms with Crippen LogP contribution in [0.4, 0.5) is 18.0 Å². The number of halogens is 3. The van der Waals surface area contributed by atoms with Gasteiger partial charge in [0.1, 0.15) is 6.54 Å². The van der Waals surface area contributed by atoms with Gasteiger partial charge < -0.3 is 10.2 Å². The van der Waals surface area contributed by atoms with Gasteiger partial charge in [-0.3, -0.25) is 0 Å². The van der Waals surface area contributed by atoms with Crippen LogP contribution in [0.15, 0.2) is 24.3 Å². The summed E-state index contributed by atoms with van der Waals surface area (Å²) in [5.41, 5.74) is 1.90. The number of nitrogens with zero attached hydrogens (tertiary/aromatic N) is 1. The lowest BCUT2D eigenvalue weighted by molar-refractivity contribution is -0.123. The zero-order valence-corrected chi connectivity index (χ0v) is 10.2. The third-order valence-electron chi connectivity index (χ3n) is 2.46. The average Bonchev–Trinajstić information content (AvgIpc) is 2.28. The highest BCUT2D eigenvalue weighted by atomic mass is 19.4. The topological polar surface area (TPSA) is 32.3 Å². The Morgan fingerprint density at radius 3 is 2.50 bits per heavy atom. The summed E-state index contributed by atoms with van der Waals surface area (Å²) < 4.78 is 35.8. The molecule has 18 heavy (non-hydrogen) atoms. The molecule has 0 atom stereocenters. The Balaban J connectivity index is 2.53. The lowest BCUT2D eigenvalue weighted by atomic mass is 10.1. The van der Waals surface area contributed by atoms with Gasteiger partial charge in [0.15, 0.2) is 0 Å². The average molecular weight is 260 g/mol. The van der Waals surface area contributed by atoms with Gasteiger partial charge >= 0.3 is 12.2 Å². The van der Waals surface area contributed by atoms with Crippen molar-refractivity contribution in [2.75, 3.05) is 13.6 Å². The van der Waals surface area contributed by atoms with E-state index in [1.807, 2.05) is 36.5 Å². The second kappa shape index (κ2) is 5.75. The maximum absolute atomic E-state index is 11.9. The predicted octanol–water partition coefficient (Wildman–Crippen LogP) is 2.70. The van der Waals surface area contributed by atoms with Gasteiger partial charge in [-0.1, -0.05) is 24.3 Å². The number of benzene rings is 1. The van der Waals surface area contributed by atoms with E-state index in [4.69, 9.17) is 0 Å². The van der Waals surface area contributed by atoms with E-state index in [9.17, 15) is 18.0 Å². The van der Waals surface area contributed by atoms with Gasteiger partial charge in [0, 0.05) is 13.6 Å². The first-order valence-corrected chi connectivity index (χ1v) is 5.40. The molecule has 1 rings (SSSR count). The number of urea groups is 1. The van der Waals surface area contributed by atoms with Crippen LogP contribution in [-0.2, 0) is 6.54 Å². The van der Waals surface area contributed by atoms with E-state index >= 15 is 0 Å². The molecule has 0 aliphatic carbocycles. The Bertz CT molecular complexity index is 418. The van der Waals surface area contributed by atoms with Crippen LogP contribution < -0.4 is 5.32 Å². The van der Waals surface area contributed by atoms with Crippen molar-refractivity contribution >= 4 is 6.03 Å². The van der Waals surface area contributed by atoms with E-state index in [1.54, 1.807) is 0 Å². The third-order valence-corrected chi connectivity index (χ3v) is 2.46. The molecule has 3 nitrogen and oxygen atoms in total. The molecule has 0 aromatic heterocycles. The SMILES string of the molecule is Cc1ccccc1CN(C)C(=O)NCC(F)(F)F. The highest BCUT2D eigenvalue weighted by Crippen LogP contribution is 2.13. The van der Waals surface area contributed by atoms with Crippen LogP contribution in [0.3, 0.4) is 0 Å². The summed E-state index contributed by atoms with van der Waals surface area (Å²) in [5, 5.41) is 1.82. The smallest absolute Gasteiger partial charge is 0.329 e. The molecule has 6 heteroatoms. The molecule has 0 saturated carbocycles. The molecule has 2 amide bonds. The molecule has 0 saturated heterocycles. The number of alkyl halides is 3. The summed E-state index contributed by atoms with van der Waals surface area (Å²) in [6, 6.07) is 6.67. The van der Waals surface area contributed by atoms with Crippen LogP contribution in [0.1, 0.15) is 11.1 Å². The molecule has 0 unspecified atom stereocenters. The fourth-order valence-corrected chi connectivity index (χ4v) is 1.43. The molecule has 0 aliphatic rings. The van der Waals surface area contributed by atoms with Gasteiger partial charge in [0.25, 0.3) is 0 Å². The number of carbonyl (C=O) groups excluding carboxylic acids is 1. The number of hydrogen-bond donors (Lipinski definition) is 1. The fourth-order valence-electron chi connectivity index (χ4n) is 1.43. The summed E-state index contributed by atoms with van der Waals surface area (Å²) in [6.45, 7) is 0.844. The molecule has 1 N–H and O–H groups in total. The lowest BCUT2D eigenvalue weighted by Crippen LogP contribution is -2.41. The molecule has 1 aromatic carbocycles. The normalized spacial score (nSPS) is 11.2. The molecule has 0 heterocycles. The molecule has 0 fully saturated rings. The monoisotopic (exact) mass is 260 g/mol. The molecular weight excluding hydrogens is 245 g/mol. The molecule has 1 aromatic rings. The molecule has 0 bridgehead atoms. The molecule has 0 radical (unpaired) electrons. The summed E-state index contributed by atoms with van der Waals surface area (Å²) in [5.74, 6) is 0. The minimum Gasteiger partial charge on any atom is -0.329 e. The quantitative estimate of drug-likeness (QED) is 0.890. The second-order valence-electron chi connectivity index (χ2n) is 4.06. The van der Waals surface area contributed by atoms with E-state index in [0.717, 1.165) is 11.1 Å². The van der Waals surface area contributed by atoms with Crippen LogP contribution in [0.5, 0.6) is 0 Å². The van der Waals surface area contributed by atoms with Crippen molar-refractivity contribution in [3.05, 3.63) is 35.4 Å². The number of carbonyl (C=O) groups is 1. The second-order valence-corrected chi connectivity index (χ2v) is 4.06. The number of hydrogen-bond acceptors (Lipinski definition) is 1. The Kier molecular flexibility index (Phi) is 4.58. The maximum Gasteiger partial charge on any atom is 0.405 e. The first kappa shape index (κ1) is 14.3. The van der Waals surface area contributed by atoms with Crippen LogP contribution in [0.2, 0.25) is 0 Å². The summed E-state index contributed by atoms with van der Waals surface area (Å²) in [7, 11) is 1.46. The molecule has 0 aliphatic heterocycles. The van der Waals surface area contributed by atoms with E-state index < -0.39 is 18.8 Å². The summed E-state index contributed by atoms with van der Waals surface area (Å²) in [6.07, 6.45) is -4.39. The minimum absolute atomic E-state index is 0.274. The standard InChI is InChI=1S/C12H15F3N2O/c1-9-5-3-4-6-10(9)7-17(2)11(18)16-8-12(13,14)15/h3-6H,7-8H2,1-2H3,(H,16,18). The van der Waals surface area contributed by atoms with Gasteiger partial charge in [0.2, 0.25) is 0 Å². The highest BCUT2D eigenvalue weighted by molar-refractivity contribution is 5.73. The van der Waals surface area contributed by atoms with Crippen LogP contribution in [0, 0.1) is 6.92 Å². The zero-order valence-electron chi connectivity index (χ0n) is 10.2. The highest BCUT2D eigenvalue weighted by Gasteiger charge is 2.28. The maximum atomic E-state index is 11.9. The van der Waals surface area contributed by atoms with E-state index in [0.29, 0.717) is 0 Å². The van der Waals surface area contributed by atoms with E-state index in [1.165, 1.54) is 11.9 Å². The Morgan fingerprint density at radius 1 is 1.33 bits per heavy atom. The van der Waals surface area contributed by atoms with Gasteiger partial charge in [0.05, 0.1) is 0 Å². The first-order valence-electron chi connectivity index (χ1n) is 5.40. The van der Waals surface area contributed by atoms with Crippen LogP contribution in [0.25, 0.3) is 0 Å². The van der Waals surface area contributed by atoms with Crippen molar-refractivity contribution in [3.63, 3.8) is 0 Å². The van der Waals surface area contributed by atoms with Crippen molar-refractivity contribution in [1.82, 2.24) is 10.2 Å². The van der Waals surface area contributed by atoms with E-state index in [-0.39, 0.29) is 6.54 Å². The summed E-state index contributed by atoms with van der Waals surface area (Å²) >= 11 is 0. The summed E-state index contributed by atoms with van der Waals surface area (Å²) in [4.78, 5) is 12.6. The van der Waals surface area contributed by atoms with Gasteiger partial charge in [-0.25, -0.2) is 4.79 Å². The fraction of sp³-hybridized carbons (Fsp3) is 0.417. The Labute approximate surface area is 104 Å². The van der Waals surface area contributed by atoms with Crippen molar-refractivity contribution < 1.29 is 18.0 Å². The molecular formula is C12H15F3N2O. The van der Waals surface area contributed by atoms with E-state index in [2.05, 4.69) is 0 Å².